The highest BCUT2D eigenvalue weighted by atomic mass is 32.1. The van der Waals surface area contributed by atoms with E-state index < -0.39 is 0 Å². The van der Waals surface area contributed by atoms with Gasteiger partial charge < -0.3 is 10.1 Å². The van der Waals surface area contributed by atoms with Crippen molar-refractivity contribution in [3.63, 3.8) is 0 Å². The van der Waals surface area contributed by atoms with Crippen molar-refractivity contribution in [2.24, 2.45) is 11.8 Å². The molecular weight excluding hydrogens is 254 g/mol. The zero-order valence-corrected chi connectivity index (χ0v) is 13.3. The van der Waals surface area contributed by atoms with Crippen molar-refractivity contribution < 1.29 is 4.74 Å². The number of methoxy groups -OCH3 is 1. The zero-order valence-electron chi connectivity index (χ0n) is 12.4. The summed E-state index contributed by atoms with van der Waals surface area (Å²) in [7, 11) is 1.75. The van der Waals surface area contributed by atoms with Crippen LogP contribution in [0.5, 0.6) is 5.75 Å². The van der Waals surface area contributed by atoms with E-state index in [1.165, 1.54) is 37.0 Å². The van der Waals surface area contributed by atoms with Gasteiger partial charge in [-0.15, -0.1) is 11.3 Å². The van der Waals surface area contributed by atoms with E-state index >= 15 is 0 Å². The van der Waals surface area contributed by atoms with Crippen molar-refractivity contribution in [3.8, 4) is 5.75 Å². The summed E-state index contributed by atoms with van der Waals surface area (Å²) in [5.41, 5.74) is 0. The molecule has 1 aromatic heterocycles. The van der Waals surface area contributed by atoms with Crippen molar-refractivity contribution in [2.45, 2.75) is 52.0 Å². The van der Waals surface area contributed by atoms with Crippen LogP contribution in [0.2, 0.25) is 0 Å². The maximum absolute atomic E-state index is 5.35. The summed E-state index contributed by atoms with van der Waals surface area (Å²) in [6.07, 6.45) is 6.91. The number of hydrogen-bond donors (Lipinski definition) is 1. The molecule has 2 rings (SSSR count). The molecule has 0 aromatic carbocycles. The molecule has 3 atom stereocenters. The minimum atomic E-state index is 0.518. The van der Waals surface area contributed by atoms with Crippen LogP contribution in [0.1, 0.15) is 56.9 Å². The molecule has 1 aliphatic carbocycles. The lowest BCUT2D eigenvalue weighted by molar-refractivity contribution is 0.178. The molecule has 1 N–H and O–H groups in total. The van der Waals surface area contributed by atoms with Crippen molar-refractivity contribution in [2.75, 3.05) is 13.7 Å². The summed E-state index contributed by atoms with van der Waals surface area (Å²) < 4.78 is 5.35. The average molecular weight is 281 g/mol. The zero-order chi connectivity index (χ0) is 13.7. The molecule has 3 unspecified atom stereocenters. The molecular formula is C16H27NOS. The summed E-state index contributed by atoms with van der Waals surface area (Å²) in [5.74, 6) is 2.68. The molecule has 0 aliphatic heterocycles. The summed E-state index contributed by atoms with van der Waals surface area (Å²) in [6.45, 7) is 5.60. The minimum absolute atomic E-state index is 0.518. The maximum Gasteiger partial charge on any atom is 0.129 e. The van der Waals surface area contributed by atoms with Crippen LogP contribution in [0.4, 0.5) is 0 Å². The van der Waals surface area contributed by atoms with Crippen LogP contribution in [-0.2, 0) is 0 Å². The summed E-state index contributed by atoms with van der Waals surface area (Å²) in [6, 6.07) is 2.74. The lowest BCUT2D eigenvalue weighted by Gasteiger charge is -2.37. The van der Waals surface area contributed by atoms with Crippen LogP contribution in [-0.4, -0.2) is 13.7 Å². The molecule has 1 aromatic rings. The molecule has 0 spiro atoms. The Morgan fingerprint density at radius 1 is 1.37 bits per heavy atom. The van der Waals surface area contributed by atoms with Gasteiger partial charge in [0.2, 0.25) is 0 Å². The molecule has 19 heavy (non-hydrogen) atoms. The third-order valence-corrected chi connectivity index (χ3v) is 5.48. The van der Waals surface area contributed by atoms with Crippen LogP contribution in [0.25, 0.3) is 0 Å². The molecule has 3 heteroatoms. The molecule has 2 nitrogen and oxygen atoms in total. The molecule has 1 saturated carbocycles. The van der Waals surface area contributed by atoms with Crippen LogP contribution in [0.15, 0.2) is 11.4 Å². The summed E-state index contributed by atoms with van der Waals surface area (Å²) in [4.78, 5) is 1.45. The van der Waals surface area contributed by atoms with E-state index in [9.17, 15) is 0 Å². The molecule has 1 aliphatic rings. The number of nitrogens with one attached hydrogen (secondary N) is 1. The number of rotatable bonds is 6. The van der Waals surface area contributed by atoms with Gasteiger partial charge in [-0.25, -0.2) is 0 Å². The van der Waals surface area contributed by atoms with E-state index in [-0.39, 0.29) is 0 Å². The Kier molecular flexibility index (Phi) is 5.71. The first-order valence-electron chi connectivity index (χ1n) is 7.65. The van der Waals surface area contributed by atoms with Crippen molar-refractivity contribution >= 4 is 11.3 Å². The van der Waals surface area contributed by atoms with E-state index in [2.05, 4.69) is 30.6 Å². The molecule has 108 valence electrons. The van der Waals surface area contributed by atoms with Gasteiger partial charge >= 0.3 is 0 Å². The number of ether oxygens (including phenoxy) is 1. The van der Waals surface area contributed by atoms with Gasteiger partial charge in [0.1, 0.15) is 5.75 Å². The highest BCUT2D eigenvalue weighted by Gasteiger charge is 2.32. The standard InChI is InChI=1S/C16H27NOS/c1-4-12-8-6-7-9-14(12)16(17-5-2)15-10-13(18-3)11-19-15/h10-12,14,16-17H,4-9H2,1-3H3. The second kappa shape index (κ2) is 7.30. The van der Waals surface area contributed by atoms with Gasteiger partial charge in [0.15, 0.2) is 0 Å². The molecule has 0 amide bonds. The van der Waals surface area contributed by atoms with Gasteiger partial charge in [-0.05, 0) is 30.9 Å². The van der Waals surface area contributed by atoms with Gasteiger partial charge in [-0.2, -0.15) is 0 Å². The highest BCUT2D eigenvalue weighted by Crippen LogP contribution is 2.42. The highest BCUT2D eigenvalue weighted by molar-refractivity contribution is 7.10. The lowest BCUT2D eigenvalue weighted by atomic mass is 9.73. The maximum atomic E-state index is 5.35. The normalized spacial score (nSPS) is 25.2. The largest absolute Gasteiger partial charge is 0.496 e. The SMILES string of the molecule is CCNC(c1cc(OC)cs1)C1CCCCC1CC. The van der Waals surface area contributed by atoms with E-state index in [0.29, 0.717) is 6.04 Å². The van der Waals surface area contributed by atoms with E-state index in [4.69, 9.17) is 4.74 Å². The predicted octanol–water partition coefficient (Wildman–Crippen LogP) is 4.62. The Balaban J connectivity index is 2.17. The molecule has 1 heterocycles. The first-order valence-corrected chi connectivity index (χ1v) is 8.53. The van der Waals surface area contributed by atoms with Crippen LogP contribution in [0.3, 0.4) is 0 Å². The monoisotopic (exact) mass is 281 g/mol. The Hall–Kier alpha value is -0.540. The fourth-order valence-electron chi connectivity index (χ4n) is 3.47. The fourth-order valence-corrected chi connectivity index (χ4v) is 4.47. The Labute approximate surface area is 121 Å². The van der Waals surface area contributed by atoms with Gasteiger partial charge in [0, 0.05) is 16.3 Å². The topological polar surface area (TPSA) is 21.3 Å². The second-order valence-corrected chi connectivity index (χ2v) is 6.48. The summed E-state index contributed by atoms with van der Waals surface area (Å²) in [5, 5.41) is 5.85. The van der Waals surface area contributed by atoms with Crippen LogP contribution >= 0.6 is 11.3 Å². The number of thiophene rings is 1. The van der Waals surface area contributed by atoms with E-state index in [1.54, 1.807) is 7.11 Å². The Morgan fingerprint density at radius 3 is 2.79 bits per heavy atom. The first kappa shape index (κ1) is 14.9. The van der Waals surface area contributed by atoms with E-state index in [1.807, 2.05) is 11.3 Å². The van der Waals surface area contributed by atoms with Gasteiger partial charge in [-0.3, -0.25) is 0 Å². The van der Waals surface area contributed by atoms with Crippen molar-refractivity contribution in [3.05, 3.63) is 16.3 Å². The minimum Gasteiger partial charge on any atom is -0.496 e. The second-order valence-electron chi connectivity index (χ2n) is 5.54. The first-order chi connectivity index (χ1) is 9.30. The Bertz CT molecular complexity index is 377. The third-order valence-electron chi connectivity index (χ3n) is 4.48. The van der Waals surface area contributed by atoms with Crippen molar-refractivity contribution in [1.29, 1.82) is 0 Å². The van der Waals surface area contributed by atoms with E-state index in [0.717, 1.165) is 24.1 Å². The molecule has 0 saturated heterocycles. The predicted molar refractivity (Wildman–Crippen MR) is 83.0 cm³/mol. The quantitative estimate of drug-likeness (QED) is 0.821. The van der Waals surface area contributed by atoms with Crippen LogP contribution < -0.4 is 10.1 Å². The summed E-state index contributed by atoms with van der Waals surface area (Å²) >= 11 is 1.84. The smallest absolute Gasteiger partial charge is 0.129 e. The van der Waals surface area contributed by atoms with Crippen molar-refractivity contribution in [1.82, 2.24) is 5.32 Å². The lowest BCUT2D eigenvalue weighted by Crippen LogP contribution is -2.33. The molecule has 0 radical (unpaired) electrons. The third kappa shape index (κ3) is 3.51. The van der Waals surface area contributed by atoms with Gasteiger partial charge in [0.05, 0.1) is 7.11 Å². The van der Waals surface area contributed by atoms with Gasteiger partial charge in [0.25, 0.3) is 0 Å². The van der Waals surface area contributed by atoms with Crippen LogP contribution in [0, 0.1) is 11.8 Å². The molecule has 1 fully saturated rings. The van der Waals surface area contributed by atoms with Gasteiger partial charge in [-0.1, -0.05) is 39.5 Å². The fraction of sp³-hybridized carbons (Fsp3) is 0.750. The Morgan fingerprint density at radius 2 is 2.16 bits per heavy atom. The average Bonchev–Trinajstić information content (AvgIpc) is 2.93. The number of hydrogen-bond acceptors (Lipinski definition) is 3. The molecule has 0 bridgehead atoms.